The second kappa shape index (κ2) is 5.96. The number of benzene rings is 1. The molecule has 0 aliphatic carbocycles. The van der Waals surface area contributed by atoms with Gasteiger partial charge in [-0.2, -0.15) is 0 Å². The number of nitrogens with zero attached hydrogens (tertiary/aromatic N) is 2. The Hall–Kier alpha value is -2.64. The summed E-state index contributed by atoms with van der Waals surface area (Å²) in [6.07, 6.45) is 2.58. The normalized spacial score (nSPS) is 17.4. The molecule has 26 heavy (non-hydrogen) atoms. The number of pyridine rings is 1. The van der Waals surface area contributed by atoms with Crippen LogP contribution < -0.4 is 9.64 Å². The van der Waals surface area contributed by atoms with Gasteiger partial charge in [-0.1, -0.05) is 19.2 Å². The first-order valence-corrected chi connectivity index (χ1v) is 8.64. The van der Waals surface area contributed by atoms with Gasteiger partial charge in [0, 0.05) is 11.6 Å². The Morgan fingerprint density at radius 2 is 2.19 bits per heavy atom. The molecule has 0 spiro atoms. The van der Waals surface area contributed by atoms with Gasteiger partial charge < -0.3 is 14.6 Å². The highest BCUT2D eigenvalue weighted by atomic mass is 79.9. The summed E-state index contributed by atoms with van der Waals surface area (Å²) >= 11 is 3.41. The van der Waals surface area contributed by atoms with Crippen LogP contribution in [0.5, 0.6) is 11.5 Å². The van der Waals surface area contributed by atoms with Crippen LogP contribution >= 0.6 is 15.9 Å². The Bertz CT molecular complexity index is 986. The van der Waals surface area contributed by atoms with Crippen LogP contribution in [-0.4, -0.2) is 23.1 Å². The summed E-state index contributed by atoms with van der Waals surface area (Å²) in [6.45, 7) is 7.77. The topological polar surface area (TPSA) is 71.9 Å². The third kappa shape index (κ3) is 2.14. The van der Waals surface area contributed by atoms with Gasteiger partial charge in [0.25, 0.3) is 5.91 Å². The van der Waals surface area contributed by atoms with Crippen LogP contribution in [0.25, 0.3) is 12.2 Å². The minimum Gasteiger partial charge on any atom is -0.507 e. The largest absolute Gasteiger partial charge is 0.507 e. The van der Waals surface area contributed by atoms with Gasteiger partial charge in [-0.3, -0.25) is 9.69 Å². The van der Waals surface area contributed by atoms with E-state index in [-0.39, 0.29) is 18.3 Å². The molecule has 6 nitrogen and oxygen atoms in total. The number of aromatic nitrogens is 1. The van der Waals surface area contributed by atoms with E-state index in [1.807, 2.05) is 6.07 Å². The standard InChI is InChI=1S/C19H15BrN2O4/c1-4-9-6-12-11(21-10(9)5-2)8-26-19-15-13(23)7-14(25-3)17(20)16(15)18(24)22(12)19/h4-7,19,23H,1-2,8H2,3H3. The van der Waals surface area contributed by atoms with Gasteiger partial charge in [0.15, 0.2) is 6.23 Å². The van der Waals surface area contributed by atoms with Crippen LogP contribution in [0.4, 0.5) is 5.69 Å². The molecule has 1 N–H and O–H groups in total. The number of phenolic OH excluding ortho intramolecular Hbond substituents is 1. The number of halogens is 1. The zero-order chi connectivity index (χ0) is 18.6. The highest BCUT2D eigenvalue weighted by Crippen LogP contribution is 2.51. The first-order chi connectivity index (χ1) is 12.5. The SMILES string of the molecule is C=Cc1cc2c(nc1C=C)COC1c3c(O)cc(OC)c(Br)c3C(=O)N21. The summed E-state index contributed by atoms with van der Waals surface area (Å²) in [7, 11) is 1.47. The van der Waals surface area contributed by atoms with E-state index in [9.17, 15) is 9.90 Å². The second-order valence-corrected chi connectivity index (χ2v) is 6.67. The van der Waals surface area contributed by atoms with Crippen molar-refractivity contribution in [1.29, 1.82) is 0 Å². The number of methoxy groups -OCH3 is 1. The van der Waals surface area contributed by atoms with Crippen molar-refractivity contribution in [2.75, 3.05) is 12.0 Å². The smallest absolute Gasteiger partial charge is 0.262 e. The fourth-order valence-electron chi connectivity index (χ4n) is 3.36. The maximum Gasteiger partial charge on any atom is 0.262 e. The molecular formula is C19H15BrN2O4. The number of aromatic hydroxyl groups is 1. The maximum absolute atomic E-state index is 13.2. The zero-order valence-corrected chi connectivity index (χ0v) is 15.5. The molecule has 7 heteroatoms. The molecular weight excluding hydrogens is 400 g/mol. The summed E-state index contributed by atoms with van der Waals surface area (Å²) in [6, 6.07) is 3.31. The first-order valence-electron chi connectivity index (χ1n) is 7.85. The number of phenols is 1. The highest BCUT2D eigenvalue weighted by Gasteiger charge is 2.46. The lowest BCUT2D eigenvalue weighted by Crippen LogP contribution is -2.34. The molecule has 1 amide bonds. The highest BCUT2D eigenvalue weighted by molar-refractivity contribution is 9.10. The molecule has 0 saturated carbocycles. The molecule has 1 atom stereocenters. The van der Waals surface area contributed by atoms with Crippen LogP contribution in [0.2, 0.25) is 0 Å². The molecule has 1 aromatic heterocycles. The molecule has 4 rings (SSSR count). The zero-order valence-electron chi connectivity index (χ0n) is 14.0. The number of ether oxygens (including phenoxy) is 2. The van der Waals surface area contributed by atoms with Crippen molar-refractivity contribution < 1.29 is 19.4 Å². The van der Waals surface area contributed by atoms with Gasteiger partial charge in [0.1, 0.15) is 11.5 Å². The summed E-state index contributed by atoms with van der Waals surface area (Å²) < 4.78 is 11.6. The Morgan fingerprint density at radius 3 is 2.85 bits per heavy atom. The molecule has 2 aliphatic rings. The molecule has 1 unspecified atom stereocenters. The average Bonchev–Trinajstić information content (AvgIpc) is 2.97. The number of amides is 1. The van der Waals surface area contributed by atoms with Crippen molar-refractivity contribution in [3.05, 3.63) is 57.8 Å². The van der Waals surface area contributed by atoms with Gasteiger partial charge in [-0.15, -0.1) is 0 Å². The van der Waals surface area contributed by atoms with Crippen molar-refractivity contribution in [1.82, 2.24) is 4.98 Å². The van der Waals surface area contributed by atoms with Crippen LogP contribution in [0, 0.1) is 0 Å². The summed E-state index contributed by atoms with van der Waals surface area (Å²) in [4.78, 5) is 19.2. The van der Waals surface area contributed by atoms with Gasteiger partial charge in [0.05, 0.1) is 46.4 Å². The maximum atomic E-state index is 13.2. The van der Waals surface area contributed by atoms with Crippen LogP contribution in [0.1, 0.15) is 39.1 Å². The van der Waals surface area contributed by atoms with E-state index in [0.717, 1.165) is 5.56 Å². The quantitative estimate of drug-likeness (QED) is 0.820. The van der Waals surface area contributed by atoms with Gasteiger partial charge in [-0.05, 0) is 28.1 Å². The Morgan fingerprint density at radius 1 is 1.42 bits per heavy atom. The Balaban J connectivity index is 1.94. The number of hydrogen-bond donors (Lipinski definition) is 1. The molecule has 2 aromatic rings. The third-order valence-corrected chi connectivity index (χ3v) is 5.36. The van der Waals surface area contributed by atoms with Gasteiger partial charge in [0.2, 0.25) is 0 Å². The third-order valence-electron chi connectivity index (χ3n) is 4.57. The van der Waals surface area contributed by atoms with E-state index < -0.39 is 6.23 Å². The van der Waals surface area contributed by atoms with E-state index in [0.29, 0.717) is 38.4 Å². The molecule has 0 saturated heterocycles. The summed E-state index contributed by atoms with van der Waals surface area (Å²) in [5, 5.41) is 10.5. The lowest BCUT2D eigenvalue weighted by atomic mass is 10.1. The lowest BCUT2D eigenvalue weighted by molar-refractivity contribution is 0.0286. The minimum atomic E-state index is -0.721. The van der Waals surface area contributed by atoms with E-state index >= 15 is 0 Å². The number of carbonyl (C=O) groups excluding carboxylic acids is 1. The molecule has 3 heterocycles. The van der Waals surface area contributed by atoms with Gasteiger partial charge in [-0.25, -0.2) is 4.98 Å². The fourth-order valence-corrected chi connectivity index (χ4v) is 4.02. The van der Waals surface area contributed by atoms with E-state index in [1.165, 1.54) is 18.1 Å². The van der Waals surface area contributed by atoms with Crippen LogP contribution in [-0.2, 0) is 11.3 Å². The molecule has 1 aromatic carbocycles. The molecule has 0 radical (unpaired) electrons. The summed E-state index contributed by atoms with van der Waals surface area (Å²) in [5.74, 6) is 0.0285. The molecule has 2 aliphatic heterocycles. The van der Waals surface area contributed by atoms with E-state index in [4.69, 9.17) is 9.47 Å². The number of carbonyl (C=O) groups is 1. The average molecular weight is 415 g/mol. The van der Waals surface area contributed by atoms with Crippen LogP contribution in [0.3, 0.4) is 0 Å². The monoisotopic (exact) mass is 414 g/mol. The molecule has 0 fully saturated rings. The van der Waals surface area contributed by atoms with Crippen molar-refractivity contribution in [3.63, 3.8) is 0 Å². The Kier molecular flexibility index (Phi) is 3.86. The number of rotatable bonds is 3. The molecule has 132 valence electrons. The minimum absolute atomic E-state index is 0.0519. The van der Waals surface area contributed by atoms with Crippen molar-refractivity contribution >= 4 is 39.7 Å². The predicted octanol–water partition coefficient (Wildman–Crippen LogP) is 4.03. The van der Waals surface area contributed by atoms with Crippen molar-refractivity contribution in [2.45, 2.75) is 12.8 Å². The number of anilines is 1. The second-order valence-electron chi connectivity index (χ2n) is 5.88. The van der Waals surface area contributed by atoms with E-state index in [2.05, 4.69) is 34.1 Å². The molecule has 0 bridgehead atoms. The summed E-state index contributed by atoms with van der Waals surface area (Å²) in [5.41, 5.74) is 3.45. The number of fused-ring (bicyclic) bond motifs is 5. The fraction of sp³-hybridized carbons (Fsp3) is 0.158. The van der Waals surface area contributed by atoms with Crippen molar-refractivity contribution in [2.24, 2.45) is 0 Å². The van der Waals surface area contributed by atoms with Crippen molar-refractivity contribution in [3.8, 4) is 11.5 Å². The lowest BCUT2D eigenvalue weighted by Gasteiger charge is -2.32. The number of hydrogen-bond acceptors (Lipinski definition) is 5. The van der Waals surface area contributed by atoms with Gasteiger partial charge >= 0.3 is 0 Å². The first kappa shape index (κ1) is 16.8. The van der Waals surface area contributed by atoms with E-state index in [1.54, 1.807) is 12.2 Å². The Labute approximate surface area is 158 Å². The predicted molar refractivity (Wildman–Crippen MR) is 101 cm³/mol. The van der Waals surface area contributed by atoms with Crippen LogP contribution in [0.15, 0.2) is 29.8 Å².